The maximum Gasteiger partial charge on any atom is 0.303 e. The Balaban J connectivity index is 2.94. The van der Waals surface area contributed by atoms with Crippen molar-refractivity contribution in [3.63, 3.8) is 0 Å². The molecule has 0 heterocycles. The summed E-state index contributed by atoms with van der Waals surface area (Å²) in [5.41, 5.74) is 7.03. The van der Waals surface area contributed by atoms with Gasteiger partial charge in [-0.1, -0.05) is 17.7 Å². The number of carboxylic acids is 1. The number of carbonyl (C=O) groups is 1. The van der Waals surface area contributed by atoms with Gasteiger partial charge in [-0.3, -0.25) is 4.79 Å². The van der Waals surface area contributed by atoms with Crippen molar-refractivity contribution < 1.29 is 15.0 Å². The van der Waals surface area contributed by atoms with Crippen LogP contribution in [0.5, 0.6) is 5.75 Å². The second-order valence-electron chi connectivity index (χ2n) is 3.67. The summed E-state index contributed by atoms with van der Waals surface area (Å²) in [6, 6.07) is 2.63. The number of phenolic OH excluding ortho intramolecular Hbond substituents is 1. The van der Waals surface area contributed by atoms with Gasteiger partial charge in [0.15, 0.2) is 0 Å². The molecule has 0 aromatic heterocycles. The fraction of sp³-hybridized carbons (Fsp3) is 0.364. The van der Waals surface area contributed by atoms with Gasteiger partial charge in [0.2, 0.25) is 0 Å². The molecule has 1 rings (SSSR count). The van der Waals surface area contributed by atoms with E-state index in [1.54, 1.807) is 13.0 Å². The van der Waals surface area contributed by atoms with E-state index in [0.29, 0.717) is 10.6 Å². The zero-order valence-corrected chi connectivity index (χ0v) is 9.66. The SMILES string of the molecule is Cc1ccc(O)c(C(N)CCC(=O)O)c1Cl. The van der Waals surface area contributed by atoms with Crippen LogP contribution >= 0.6 is 11.6 Å². The summed E-state index contributed by atoms with van der Waals surface area (Å²) >= 11 is 6.02. The molecule has 88 valence electrons. The van der Waals surface area contributed by atoms with Gasteiger partial charge in [-0.25, -0.2) is 0 Å². The minimum Gasteiger partial charge on any atom is -0.508 e. The van der Waals surface area contributed by atoms with Crippen LogP contribution in [0, 0.1) is 6.92 Å². The van der Waals surface area contributed by atoms with Gasteiger partial charge in [0.05, 0.1) is 5.02 Å². The van der Waals surface area contributed by atoms with Crippen LogP contribution in [0.3, 0.4) is 0 Å². The molecular formula is C11H14ClNO3. The number of phenols is 1. The van der Waals surface area contributed by atoms with Gasteiger partial charge in [-0.15, -0.1) is 0 Å². The Morgan fingerprint density at radius 3 is 2.75 bits per heavy atom. The molecule has 1 unspecified atom stereocenters. The summed E-state index contributed by atoms with van der Waals surface area (Å²) in [6.45, 7) is 1.80. The van der Waals surface area contributed by atoms with Gasteiger partial charge in [0, 0.05) is 18.0 Å². The maximum atomic E-state index is 10.4. The van der Waals surface area contributed by atoms with Gasteiger partial charge in [-0.05, 0) is 25.0 Å². The van der Waals surface area contributed by atoms with Crippen LogP contribution in [0.2, 0.25) is 5.02 Å². The lowest BCUT2D eigenvalue weighted by Crippen LogP contribution is -2.13. The number of aromatic hydroxyl groups is 1. The third-order valence-corrected chi connectivity index (χ3v) is 2.89. The molecule has 0 amide bonds. The lowest BCUT2D eigenvalue weighted by atomic mass is 10.00. The van der Waals surface area contributed by atoms with E-state index >= 15 is 0 Å². The van der Waals surface area contributed by atoms with Gasteiger partial charge < -0.3 is 15.9 Å². The average molecular weight is 244 g/mol. The van der Waals surface area contributed by atoms with Crippen LogP contribution < -0.4 is 5.73 Å². The van der Waals surface area contributed by atoms with Crippen molar-refractivity contribution in [1.29, 1.82) is 0 Å². The van der Waals surface area contributed by atoms with E-state index in [4.69, 9.17) is 22.4 Å². The van der Waals surface area contributed by atoms with Gasteiger partial charge in [-0.2, -0.15) is 0 Å². The lowest BCUT2D eigenvalue weighted by Gasteiger charge is -2.15. The summed E-state index contributed by atoms with van der Waals surface area (Å²) in [4.78, 5) is 10.4. The van der Waals surface area contributed by atoms with Crippen molar-refractivity contribution >= 4 is 17.6 Å². The number of aliphatic carboxylic acids is 1. The number of carboxylic acid groups (broad SMARTS) is 1. The average Bonchev–Trinajstić information content (AvgIpc) is 2.21. The quantitative estimate of drug-likeness (QED) is 0.757. The molecule has 0 aliphatic heterocycles. The summed E-state index contributed by atoms with van der Waals surface area (Å²) in [5.74, 6) is -0.910. The molecule has 1 aromatic carbocycles. The number of hydrogen-bond donors (Lipinski definition) is 3. The van der Waals surface area contributed by atoms with Crippen molar-refractivity contribution in [3.8, 4) is 5.75 Å². The molecule has 0 radical (unpaired) electrons. The summed E-state index contributed by atoms with van der Waals surface area (Å²) in [5, 5.41) is 18.6. The Morgan fingerprint density at radius 2 is 2.19 bits per heavy atom. The highest BCUT2D eigenvalue weighted by atomic mass is 35.5. The van der Waals surface area contributed by atoms with E-state index in [1.165, 1.54) is 6.07 Å². The highest BCUT2D eigenvalue weighted by molar-refractivity contribution is 6.32. The first kappa shape index (κ1) is 12.8. The predicted octanol–water partition coefficient (Wildman–Crippen LogP) is 2.22. The first-order chi connectivity index (χ1) is 7.43. The number of benzene rings is 1. The molecule has 0 aliphatic carbocycles. The second-order valence-corrected chi connectivity index (χ2v) is 4.05. The highest BCUT2D eigenvalue weighted by Crippen LogP contribution is 2.34. The van der Waals surface area contributed by atoms with Crippen LogP contribution in [0.25, 0.3) is 0 Å². The maximum absolute atomic E-state index is 10.4. The van der Waals surface area contributed by atoms with Gasteiger partial charge in [0.25, 0.3) is 0 Å². The van der Waals surface area contributed by atoms with E-state index in [-0.39, 0.29) is 18.6 Å². The molecular weight excluding hydrogens is 230 g/mol. The smallest absolute Gasteiger partial charge is 0.303 e. The topological polar surface area (TPSA) is 83.5 Å². The number of rotatable bonds is 4. The molecule has 0 saturated carbocycles. The van der Waals surface area contributed by atoms with Crippen LogP contribution in [0.1, 0.15) is 30.0 Å². The second kappa shape index (κ2) is 5.18. The Hall–Kier alpha value is -1.26. The number of hydrogen-bond acceptors (Lipinski definition) is 3. The minimum absolute atomic E-state index is 0.00786. The van der Waals surface area contributed by atoms with Crippen molar-refractivity contribution in [2.45, 2.75) is 25.8 Å². The summed E-state index contributed by atoms with van der Waals surface area (Å²) < 4.78 is 0. The van der Waals surface area contributed by atoms with Crippen LogP contribution in [-0.4, -0.2) is 16.2 Å². The molecule has 0 fully saturated rings. The standard InChI is InChI=1S/C11H14ClNO3/c1-6-2-4-8(14)10(11(6)12)7(13)3-5-9(15)16/h2,4,7,14H,3,5,13H2,1H3,(H,15,16). The molecule has 4 N–H and O–H groups in total. The number of halogens is 1. The molecule has 0 saturated heterocycles. The summed E-state index contributed by atoms with van der Waals surface area (Å²) in [6.07, 6.45) is 0.191. The van der Waals surface area contributed by atoms with E-state index < -0.39 is 12.0 Å². The van der Waals surface area contributed by atoms with Gasteiger partial charge >= 0.3 is 5.97 Å². The van der Waals surface area contributed by atoms with Crippen LogP contribution in [-0.2, 0) is 4.79 Å². The normalized spacial score (nSPS) is 12.4. The largest absolute Gasteiger partial charge is 0.508 e. The number of aryl methyl sites for hydroxylation is 1. The van der Waals surface area contributed by atoms with E-state index in [1.807, 2.05) is 0 Å². The van der Waals surface area contributed by atoms with Crippen molar-refractivity contribution in [2.75, 3.05) is 0 Å². The van der Waals surface area contributed by atoms with Crippen molar-refractivity contribution in [1.82, 2.24) is 0 Å². The Kier molecular flexibility index (Phi) is 4.15. The predicted molar refractivity (Wildman–Crippen MR) is 61.7 cm³/mol. The molecule has 5 heteroatoms. The first-order valence-electron chi connectivity index (χ1n) is 4.88. The number of nitrogens with two attached hydrogens (primary N) is 1. The van der Waals surface area contributed by atoms with Crippen molar-refractivity contribution in [2.24, 2.45) is 5.73 Å². The fourth-order valence-corrected chi connectivity index (χ4v) is 1.77. The zero-order chi connectivity index (χ0) is 12.3. The molecule has 0 bridgehead atoms. The Morgan fingerprint density at radius 1 is 1.56 bits per heavy atom. The van der Waals surface area contributed by atoms with Gasteiger partial charge in [0.1, 0.15) is 5.75 Å². The van der Waals surface area contributed by atoms with E-state index in [2.05, 4.69) is 0 Å². The molecule has 1 atom stereocenters. The first-order valence-corrected chi connectivity index (χ1v) is 5.26. The van der Waals surface area contributed by atoms with Crippen molar-refractivity contribution in [3.05, 3.63) is 28.3 Å². The molecule has 0 spiro atoms. The fourth-order valence-electron chi connectivity index (χ4n) is 1.47. The monoisotopic (exact) mass is 243 g/mol. The highest BCUT2D eigenvalue weighted by Gasteiger charge is 2.17. The molecule has 16 heavy (non-hydrogen) atoms. The van der Waals surface area contributed by atoms with Crippen LogP contribution in [0.15, 0.2) is 12.1 Å². The Labute approximate surface area is 98.6 Å². The molecule has 0 aliphatic rings. The van der Waals surface area contributed by atoms with E-state index in [9.17, 15) is 9.90 Å². The molecule has 1 aromatic rings. The molecule has 4 nitrogen and oxygen atoms in total. The lowest BCUT2D eigenvalue weighted by molar-refractivity contribution is -0.137. The summed E-state index contributed by atoms with van der Waals surface area (Å²) in [7, 11) is 0. The minimum atomic E-state index is -0.918. The Bertz CT molecular complexity index is 406. The third-order valence-electron chi connectivity index (χ3n) is 2.39. The third kappa shape index (κ3) is 2.87. The van der Waals surface area contributed by atoms with Crippen LogP contribution in [0.4, 0.5) is 0 Å². The van der Waals surface area contributed by atoms with E-state index in [0.717, 1.165) is 5.56 Å². The zero-order valence-electron chi connectivity index (χ0n) is 8.90.